The molecule has 90 valence electrons. The van der Waals surface area contributed by atoms with Gasteiger partial charge >= 0.3 is 0 Å². The van der Waals surface area contributed by atoms with Crippen molar-refractivity contribution in [2.75, 3.05) is 5.09 Å². The van der Waals surface area contributed by atoms with Gasteiger partial charge < -0.3 is 10.5 Å². The number of aldehydes is 1. The van der Waals surface area contributed by atoms with E-state index >= 15 is 0 Å². The van der Waals surface area contributed by atoms with Crippen molar-refractivity contribution < 1.29 is 9.18 Å². The van der Waals surface area contributed by atoms with Crippen molar-refractivity contribution in [3.05, 3.63) is 35.2 Å². The van der Waals surface area contributed by atoms with Crippen molar-refractivity contribution in [3.8, 4) is 0 Å². The average Bonchev–Trinajstić information content (AvgIpc) is 2.29. The maximum absolute atomic E-state index is 12.8. The van der Waals surface area contributed by atoms with Crippen LogP contribution in [-0.4, -0.2) is 12.0 Å². The molecule has 0 aromatic heterocycles. The molecule has 1 aromatic rings. The smallest absolute Gasteiger partial charge is 0.178 e. The van der Waals surface area contributed by atoms with E-state index in [0.717, 1.165) is 17.3 Å². The molecule has 0 aliphatic rings. The summed E-state index contributed by atoms with van der Waals surface area (Å²) in [5, 5.41) is 10.7. The summed E-state index contributed by atoms with van der Waals surface area (Å²) >= 11 is 2.18. The van der Waals surface area contributed by atoms with Crippen molar-refractivity contribution in [2.24, 2.45) is 0 Å². The first-order valence-corrected chi connectivity index (χ1v) is 8.83. The molecule has 0 heterocycles. The second kappa shape index (κ2) is 6.81. The first kappa shape index (κ1) is 14.3. The Morgan fingerprint density at radius 2 is 2.29 bits per heavy atom. The number of hydrogen-bond donors (Lipinski definition) is 2. The van der Waals surface area contributed by atoms with Crippen LogP contribution in [0, 0.1) is 5.41 Å². The zero-order chi connectivity index (χ0) is 12.8. The van der Waals surface area contributed by atoms with Gasteiger partial charge in [-0.05, 0) is 46.7 Å². The number of anilines is 1. The fourth-order valence-electron chi connectivity index (χ4n) is 1.33. The van der Waals surface area contributed by atoms with E-state index in [9.17, 15) is 9.18 Å². The summed E-state index contributed by atoms with van der Waals surface area (Å²) in [6.45, 7) is 1.69. The highest BCUT2D eigenvalue weighted by Crippen LogP contribution is 2.28. The molecule has 1 aromatic carbocycles. The van der Waals surface area contributed by atoms with E-state index in [0.29, 0.717) is 17.6 Å². The quantitative estimate of drug-likeness (QED) is 0.273. The third kappa shape index (κ3) is 4.16. The summed E-state index contributed by atoms with van der Waals surface area (Å²) in [5.41, 5.74) is 2.58. The number of nitrogens with one attached hydrogen (secondary N) is 2. The van der Waals surface area contributed by atoms with E-state index in [4.69, 9.17) is 5.41 Å². The first-order valence-electron chi connectivity index (χ1n) is 4.72. The highest BCUT2D eigenvalue weighted by atomic mass is 127. The Kier molecular flexibility index (Phi) is 5.71. The lowest BCUT2D eigenvalue weighted by Gasteiger charge is -2.10. The van der Waals surface area contributed by atoms with Gasteiger partial charge in [0.25, 0.3) is 0 Å². The molecule has 0 bridgehead atoms. The number of allylic oxidation sites excluding steroid dienone is 1. The molecule has 2 N–H and O–H groups in total. The third-order valence-electron chi connectivity index (χ3n) is 2.05. The van der Waals surface area contributed by atoms with E-state index < -0.39 is 5.83 Å². The van der Waals surface area contributed by atoms with E-state index in [1.807, 2.05) is 0 Å². The van der Waals surface area contributed by atoms with Crippen molar-refractivity contribution in [1.82, 2.24) is 0 Å². The van der Waals surface area contributed by atoms with Crippen LogP contribution in [-0.2, 0) is 4.79 Å². The van der Waals surface area contributed by atoms with Crippen LogP contribution < -0.4 is 5.09 Å². The van der Waals surface area contributed by atoms with Crippen LogP contribution in [0.1, 0.15) is 18.1 Å². The maximum Gasteiger partial charge on any atom is 0.178 e. The predicted molar refractivity (Wildman–Crippen MR) is 80.1 cm³/mol. The second-order valence-corrected chi connectivity index (χ2v) is 5.35. The molecule has 0 radical (unpaired) electrons. The molecule has 0 saturated heterocycles. The largest absolute Gasteiger partial charge is 0.358 e. The predicted octanol–water partition coefficient (Wildman–Crippen LogP) is 3.94. The summed E-state index contributed by atoms with van der Waals surface area (Å²) < 4.78 is 12.8. The minimum atomic E-state index is -0.813. The minimum absolute atomic E-state index is 0.170. The average molecular weight is 364 g/mol. The Balaban J connectivity index is 3.18. The van der Waals surface area contributed by atoms with Crippen molar-refractivity contribution in [1.29, 1.82) is 5.41 Å². The van der Waals surface area contributed by atoms with Crippen LogP contribution in [0.4, 0.5) is 10.1 Å². The van der Waals surface area contributed by atoms with Crippen LogP contribution in [0.5, 0.6) is 0 Å². The molecule has 3 nitrogen and oxygen atoms in total. The van der Waals surface area contributed by atoms with Crippen molar-refractivity contribution >= 4 is 52.2 Å². The molecule has 1 atom stereocenters. The molecule has 0 fully saturated rings. The molecule has 0 aliphatic heterocycles. The van der Waals surface area contributed by atoms with Gasteiger partial charge in [0.1, 0.15) is 0 Å². The SMILES string of the molecule is CC(=N)c1ccc(/C=C(\F)C=O)cc1NPI. The van der Waals surface area contributed by atoms with Crippen LogP contribution >= 0.6 is 28.4 Å². The van der Waals surface area contributed by atoms with Gasteiger partial charge in [0.15, 0.2) is 12.1 Å². The molecule has 0 saturated carbocycles. The number of carbonyl (C=O) groups is 1. The van der Waals surface area contributed by atoms with Gasteiger partial charge in [0, 0.05) is 23.3 Å². The van der Waals surface area contributed by atoms with Gasteiger partial charge in [-0.25, -0.2) is 4.39 Å². The van der Waals surface area contributed by atoms with Gasteiger partial charge in [-0.15, -0.1) is 0 Å². The van der Waals surface area contributed by atoms with E-state index in [1.165, 1.54) is 0 Å². The van der Waals surface area contributed by atoms with Crippen LogP contribution in [0.2, 0.25) is 0 Å². The van der Waals surface area contributed by atoms with Crippen molar-refractivity contribution in [2.45, 2.75) is 6.92 Å². The van der Waals surface area contributed by atoms with Crippen LogP contribution in [0.3, 0.4) is 0 Å². The molecule has 6 heteroatoms. The number of benzene rings is 1. The summed E-state index contributed by atoms with van der Waals surface area (Å²) in [5.74, 6) is -0.813. The summed E-state index contributed by atoms with van der Waals surface area (Å²) in [6.07, 6.45) is 1.79. The topological polar surface area (TPSA) is 53.0 Å². The Labute approximate surface area is 114 Å². The lowest BCUT2D eigenvalue weighted by molar-refractivity contribution is -0.106. The molecular weight excluding hydrogens is 353 g/mol. The monoisotopic (exact) mass is 364 g/mol. The highest BCUT2D eigenvalue weighted by Gasteiger charge is 2.05. The van der Waals surface area contributed by atoms with Crippen molar-refractivity contribution in [3.63, 3.8) is 0 Å². The van der Waals surface area contributed by atoms with Gasteiger partial charge in [0.05, 0.1) is 0 Å². The van der Waals surface area contributed by atoms with Gasteiger partial charge in [0.2, 0.25) is 0 Å². The number of hydrogen-bond acceptors (Lipinski definition) is 3. The van der Waals surface area contributed by atoms with Gasteiger partial charge in [-0.3, -0.25) is 4.79 Å². The second-order valence-electron chi connectivity index (χ2n) is 3.30. The maximum atomic E-state index is 12.8. The number of rotatable bonds is 5. The molecular formula is C11H11FIN2OP. The molecule has 17 heavy (non-hydrogen) atoms. The Hall–Kier alpha value is -0.810. The van der Waals surface area contributed by atoms with E-state index in [2.05, 4.69) is 27.1 Å². The standard InChI is InChI=1S/C11H11FIN2OP/c1-7(14)10-3-2-8(4-9(12)6-16)5-11(10)15-17-13/h2-6,14-15,17H,1H3/b9-4-,14-7?. The van der Waals surface area contributed by atoms with Crippen LogP contribution in [0.25, 0.3) is 6.08 Å². The van der Waals surface area contributed by atoms with E-state index in [-0.39, 0.29) is 6.29 Å². The summed E-state index contributed by atoms with van der Waals surface area (Å²) in [6, 6.07) is 5.14. The Morgan fingerprint density at radius 1 is 1.59 bits per heavy atom. The number of carbonyl (C=O) groups excluding carboxylic acids is 1. The normalized spacial score (nSPS) is 11.8. The van der Waals surface area contributed by atoms with E-state index in [1.54, 1.807) is 25.1 Å². The Bertz CT molecular complexity index is 477. The third-order valence-corrected chi connectivity index (χ3v) is 3.22. The fourth-order valence-corrected chi connectivity index (χ4v) is 2.51. The minimum Gasteiger partial charge on any atom is -0.358 e. The first-order chi connectivity index (χ1) is 8.08. The van der Waals surface area contributed by atoms with Crippen LogP contribution in [0.15, 0.2) is 24.0 Å². The summed E-state index contributed by atoms with van der Waals surface area (Å²) in [4.78, 5) is 10.2. The fraction of sp³-hybridized carbons (Fsp3) is 0.0909. The number of halogens is 2. The van der Waals surface area contributed by atoms with Gasteiger partial charge in [-0.2, -0.15) is 0 Å². The highest BCUT2D eigenvalue weighted by molar-refractivity contribution is 14.2. The zero-order valence-electron chi connectivity index (χ0n) is 9.05. The molecule has 1 unspecified atom stereocenters. The molecule has 0 amide bonds. The lowest BCUT2D eigenvalue weighted by Crippen LogP contribution is -1.97. The molecule has 0 spiro atoms. The summed E-state index contributed by atoms with van der Waals surface area (Å²) in [7, 11) is 0. The lowest BCUT2D eigenvalue weighted by atomic mass is 10.1. The van der Waals surface area contributed by atoms with Gasteiger partial charge in [-0.1, -0.05) is 12.1 Å². The molecule has 0 aliphatic carbocycles. The molecule has 1 rings (SSSR count). The Morgan fingerprint density at radius 3 is 2.82 bits per heavy atom. The zero-order valence-corrected chi connectivity index (χ0v) is 12.2.